The van der Waals surface area contributed by atoms with E-state index in [-0.39, 0.29) is 37.0 Å². The van der Waals surface area contributed by atoms with Crippen molar-refractivity contribution in [1.29, 1.82) is 0 Å². The molecule has 1 saturated heterocycles. The normalized spacial score (nSPS) is 23.7. The van der Waals surface area contributed by atoms with Gasteiger partial charge in [-0.25, -0.2) is 0 Å². The predicted molar refractivity (Wildman–Crippen MR) is 96.5 cm³/mol. The Hall–Kier alpha value is -3.09. The minimum Gasteiger partial charge on any atom is -0.493 e. The molecule has 1 fully saturated rings. The molecule has 1 amide bonds. The minimum absolute atomic E-state index is 0.0696. The van der Waals surface area contributed by atoms with E-state index in [0.29, 0.717) is 13.0 Å². The van der Waals surface area contributed by atoms with Gasteiger partial charge in [0.25, 0.3) is 0 Å². The predicted octanol–water partition coefficient (Wildman–Crippen LogP) is 1.01. The molecule has 2 aromatic rings. The summed E-state index contributed by atoms with van der Waals surface area (Å²) >= 11 is 0. The number of nitrogens with zero attached hydrogens (tertiary/aromatic N) is 2. The zero-order chi connectivity index (χ0) is 19.0. The van der Waals surface area contributed by atoms with Crippen molar-refractivity contribution in [1.82, 2.24) is 9.47 Å². The summed E-state index contributed by atoms with van der Waals surface area (Å²) in [6, 6.07) is 10.3. The molecule has 27 heavy (non-hydrogen) atoms. The molecule has 2 aliphatic rings. The number of carbonyl (C=O) groups is 2. The third-order valence-electron chi connectivity index (χ3n) is 5.57. The van der Waals surface area contributed by atoms with E-state index in [4.69, 9.17) is 4.74 Å². The van der Waals surface area contributed by atoms with Gasteiger partial charge in [-0.05, 0) is 18.1 Å². The number of aliphatic carboxylic acids is 1. The van der Waals surface area contributed by atoms with E-state index in [2.05, 4.69) is 0 Å². The molecule has 2 aliphatic heterocycles. The van der Waals surface area contributed by atoms with Gasteiger partial charge in [0.15, 0.2) is 5.43 Å². The van der Waals surface area contributed by atoms with Crippen molar-refractivity contribution in [3.8, 4) is 5.75 Å². The van der Waals surface area contributed by atoms with Crippen LogP contribution in [0.15, 0.2) is 53.6 Å². The second-order valence-corrected chi connectivity index (χ2v) is 7.23. The van der Waals surface area contributed by atoms with Gasteiger partial charge in [-0.3, -0.25) is 14.4 Å². The summed E-state index contributed by atoms with van der Waals surface area (Å²) in [6.45, 7) is 0.842. The summed E-state index contributed by atoms with van der Waals surface area (Å²) in [7, 11) is 0. The zero-order valence-corrected chi connectivity index (χ0v) is 14.7. The fourth-order valence-electron chi connectivity index (χ4n) is 4.02. The number of fused-ring (bicyclic) bond motifs is 2. The number of pyridine rings is 1. The van der Waals surface area contributed by atoms with E-state index in [1.165, 1.54) is 12.1 Å². The zero-order valence-electron chi connectivity index (χ0n) is 14.7. The number of ether oxygens (including phenoxy) is 1. The molecule has 7 nitrogen and oxygen atoms in total. The van der Waals surface area contributed by atoms with E-state index in [9.17, 15) is 19.5 Å². The van der Waals surface area contributed by atoms with Crippen molar-refractivity contribution < 1.29 is 19.4 Å². The van der Waals surface area contributed by atoms with Crippen LogP contribution >= 0.6 is 0 Å². The molecule has 0 bridgehead atoms. The van der Waals surface area contributed by atoms with Gasteiger partial charge in [0.1, 0.15) is 12.3 Å². The van der Waals surface area contributed by atoms with Gasteiger partial charge in [0, 0.05) is 43.5 Å². The highest BCUT2D eigenvalue weighted by molar-refractivity contribution is 5.81. The van der Waals surface area contributed by atoms with Crippen molar-refractivity contribution in [2.75, 3.05) is 19.7 Å². The summed E-state index contributed by atoms with van der Waals surface area (Å²) in [4.78, 5) is 37.8. The fourth-order valence-corrected chi connectivity index (χ4v) is 4.02. The molecule has 140 valence electrons. The van der Waals surface area contributed by atoms with Crippen LogP contribution in [0.4, 0.5) is 0 Å². The number of rotatable bonds is 3. The second kappa shape index (κ2) is 6.57. The maximum absolute atomic E-state index is 12.7. The number of amides is 1. The second-order valence-electron chi connectivity index (χ2n) is 7.23. The van der Waals surface area contributed by atoms with Crippen LogP contribution in [0, 0.1) is 11.3 Å². The van der Waals surface area contributed by atoms with Crippen LogP contribution in [0.5, 0.6) is 5.75 Å². The van der Waals surface area contributed by atoms with Gasteiger partial charge in [-0.15, -0.1) is 0 Å². The molecule has 4 rings (SSSR count). The maximum Gasteiger partial charge on any atom is 0.312 e. The highest BCUT2D eigenvalue weighted by Gasteiger charge is 2.55. The smallest absolute Gasteiger partial charge is 0.312 e. The van der Waals surface area contributed by atoms with E-state index in [1.54, 1.807) is 21.9 Å². The third-order valence-corrected chi connectivity index (χ3v) is 5.57. The van der Waals surface area contributed by atoms with Crippen molar-refractivity contribution in [2.45, 2.75) is 13.0 Å². The fraction of sp³-hybridized carbons (Fsp3) is 0.350. The molecule has 3 heterocycles. The number of hydrogen-bond acceptors (Lipinski definition) is 4. The molecule has 7 heteroatoms. The van der Waals surface area contributed by atoms with Crippen molar-refractivity contribution in [3.05, 3.63) is 64.6 Å². The van der Waals surface area contributed by atoms with Crippen LogP contribution in [-0.4, -0.2) is 46.1 Å². The average Bonchev–Trinajstić information content (AvgIpc) is 2.95. The van der Waals surface area contributed by atoms with Gasteiger partial charge in [-0.2, -0.15) is 0 Å². The van der Waals surface area contributed by atoms with Crippen LogP contribution in [0.25, 0.3) is 0 Å². The Balaban J connectivity index is 1.57. The van der Waals surface area contributed by atoms with Gasteiger partial charge in [0.2, 0.25) is 5.91 Å². The maximum atomic E-state index is 12.7. The lowest BCUT2D eigenvalue weighted by atomic mass is 9.74. The van der Waals surface area contributed by atoms with Crippen LogP contribution in [0.3, 0.4) is 0 Å². The summed E-state index contributed by atoms with van der Waals surface area (Å²) in [6.07, 6.45) is 3.45. The molecule has 0 saturated carbocycles. The van der Waals surface area contributed by atoms with Crippen LogP contribution < -0.4 is 10.2 Å². The van der Waals surface area contributed by atoms with Gasteiger partial charge < -0.3 is 19.3 Å². The van der Waals surface area contributed by atoms with E-state index >= 15 is 0 Å². The molecular weight excluding hydrogens is 348 g/mol. The van der Waals surface area contributed by atoms with Crippen LogP contribution in [0.2, 0.25) is 0 Å². The lowest BCUT2D eigenvalue weighted by Gasteiger charge is -2.27. The van der Waals surface area contributed by atoms with Gasteiger partial charge in [0.05, 0.1) is 12.0 Å². The summed E-state index contributed by atoms with van der Waals surface area (Å²) < 4.78 is 7.48. The largest absolute Gasteiger partial charge is 0.493 e. The number of para-hydroxylation sites is 1. The molecular formula is C20H20N2O5. The Bertz CT molecular complexity index is 933. The van der Waals surface area contributed by atoms with Gasteiger partial charge in [-0.1, -0.05) is 18.2 Å². The Morgan fingerprint density at radius 1 is 1.19 bits per heavy atom. The minimum atomic E-state index is -1.05. The Kier molecular flexibility index (Phi) is 4.22. The Morgan fingerprint density at radius 2 is 1.93 bits per heavy atom. The quantitative estimate of drug-likeness (QED) is 0.874. The molecule has 1 N–H and O–H groups in total. The first-order chi connectivity index (χ1) is 13.0. The van der Waals surface area contributed by atoms with E-state index in [1.807, 2.05) is 24.3 Å². The molecule has 0 unspecified atom stereocenters. The highest BCUT2D eigenvalue weighted by Crippen LogP contribution is 2.44. The van der Waals surface area contributed by atoms with Crippen molar-refractivity contribution in [2.24, 2.45) is 11.3 Å². The lowest BCUT2D eigenvalue weighted by Crippen LogP contribution is -2.42. The van der Waals surface area contributed by atoms with Crippen molar-refractivity contribution in [3.63, 3.8) is 0 Å². The monoisotopic (exact) mass is 368 g/mol. The number of carboxylic acid groups (broad SMARTS) is 1. The first-order valence-electron chi connectivity index (χ1n) is 8.86. The number of carbonyl (C=O) groups excluding carboxylic acids is 1. The standard InChI is InChI=1S/C20H20N2O5/c23-16-5-7-21(8-6-16)11-18(24)22-10-15-12-27-17-4-2-1-3-14(17)9-20(15,13-22)19(25)26/h1-8,15H,9-13H2,(H,25,26)/t15-,20+/m0/s1. The van der Waals surface area contributed by atoms with Crippen molar-refractivity contribution >= 4 is 11.9 Å². The van der Waals surface area contributed by atoms with Crippen LogP contribution in [0.1, 0.15) is 5.56 Å². The van der Waals surface area contributed by atoms with Gasteiger partial charge >= 0.3 is 5.97 Å². The number of likely N-dealkylation sites (tertiary alicyclic amines) is 1. The SMILES string of the molecule is O=C(Cn1ccc(=O)cc1)N1C[C@H]2COc3ccccc3C[C@@]2(C(=O)O)C1. The first-order valence-corrected chi connectivity index (χ1v) is 8.86. The number of hydrogen-bond donors (Lipinski definition) is 1. The average molecular weight is 368 g/mol. The number of benzene rings is 1. The number of carboxylic acids is 1. The Morgan fingerprint density at radius 3 is 2.67 bits per heavy atom. The highest BCUT2D eigenvalue weighted by atomic mass is 16.5. The molecule has 0 aliphatic carbocycles. The third kappa shape index (κ3) is 3.09. The molecule has 1 aromatic heterocycles. The molecule has 0 spiro atoms. The molecule has 0 radical (unpaired) electrons. The topological polar surface area (TPSA) is 88.8 Å². The Labute approximate surface area is 155 Å². The number of aromatic nitrogens is 1. The molecule has 2 atom stereocenters. The molecule has 1 aromatic carbocycles. The van der Waals surface area contributed by atoms with E-state index < -0.39 is 11.4 Å². The first kappa shape index (κ1) is 17.3. The summed E-state index contributed by atoms with van der Waals surface area (Å²) in [5, 5.41) is 10.0. The summed E-state index contributed by atoms with van der Waals surface area (Å²) in [5.74, 6) is -0.619. The lowest BCUT2D eigenvalue weighted by molar-refractivity contribution is -0.151. The van der Waals surface area contributed by atoms with E-state index in [0.717, 1.165) is 11.3 Å². The van der Waals surface area contributed by atoms with Crippen LogP contribution in [-0.2, 0) is 22.6 Å². The summed E-state index contributed by atoms with van der Waals surface area (Å²) in [5.41, 5.74) is -0.314.